The monoisotopic (exact) mass is 355 g/mol. The second kappa shape index (κ2) is 7.70. The van der Waals surface area contributed by atoms with E-state index in [1.807, 2.05) is 42.7 Å². The molecule has 0 saturated carbocycles. The van der Waals surface area contributed by atoms with Gasteiger partial charge in [0.1, 0.15) is 16.9 Å². The molecule has 0 aliphatic carbocycles. The number of carbonyl (C=O) groups is 1. The Morgan fingerprint density at radius 2 is 2.00 bits per heavy atom. The molecule has 0 radical (unpaired) electrons. The number of rotatable bonds is 7. The van der Waals surface area contributed by atoms with Crippen molar-refractivity contribution in [3.05, 3.63) is 29.8 Å². The van der Waals surface area contributed by atoms with Crippen LogP contribution in [0.5, 0.6) is 0 Å². The molecule has 2 heterocycles. The van der Waals surface area contributed by atoms with Gasteiger partial charge in [-0.15, -0.1) is 0 Å². The number of nitrogens with two attached hydrogens (primary N) is 1. The summed E-state index contributed by atoms with van der Waals surface area (Å²) in [5, 5.41) is 2.98. The Kier molecular flexibility index (Phi) is 5.37. The van der Waals surface area contributed by atoms with E-state index in [2.05, 4.69) is 10.3 Å². The smallest absolute Gasteiger partial charge is 0.257 e. The molecule has 0 spiro atoms. The molecule has 1 atom stereocenters. The van der Waals surface area contributed by atoms with Gasteiger partial charge >= 0.3 is 0 Å². The number of methoxy groups -OCH3 is 1. The standard InChI is InChI=1S/C19H25N5O2/c1-4-12(2)21-19(25)15-16-18(24(17(15)20)10-7-11-26-3)23-14-9-6-5-8-13(14)22-16/h5-6,8-9,12H,4,7,10-11,20H2,1-3H3,(H,21,25)/t12-/m0/s1. The number of nitrogen functional groups attached to an aromatic ring is 1. The molecule has 0 fully saturated rings. The Bertz CT molecular complexity index is 934. The van der Waals surface area contributed by atoms with Crippen molar-refractivity contribution >= 4 is 33.9 Å². The summed E-state index contributed by atoms with van der Waals surface area (Å²) in [4.78, 5) is 22.2. The van der Waals surface area contributed by atoms with Gasteiger partial charge in [-0.3, -0.25) is 4.79 Å². The number of ether oxygens (including phenoxy) is 1. The number of aryl methyl sites for hydroxylation is 1. The van der Waals surface area contributed by atoms with Gasteiger partial charge in [0.2, 0.25) is 0 Å². The molecule has 3 N–H and O–H groups in total. The Hall–Kier alpha value is -2.67. The molecule has 0 saturated heterocycles. The van der Waals surface area contributed by atoms with E-state index in [0.29, 0.717) is 35.7 Å². The first-order chi connectivity index (χ1) is 12.6. The van der Waals surface area contributed by atoms with Crippen molar-refractivity contribution in [2.45, 2.75) is 39.3 Å². The quantitative estimate of drug-likeness (QED) is 0.636. The number of hydrogen-bond acceptors (Lipinski definition) is 5. The summed E-state index contributed by atoms with van der Waals surface area (Å²) in [6.45, 7) is 5.21. The maximum Gasteiger partial charge on any atom is 0.257 e. The molecule has 138 valence electrons. The number of aromatic nitrogens is 3. The lowest BCUT2D eigenvalue weighted by Crippen LogP contribution is -2.32. The van der Waals surface area contributed by atoms with Crippen LogP contribution in [-0.2, 0) is 11.3 Å². The highest BCUT2D eigenvalue weighted by molar-refractivity contribution is 6.10. The van der Waals surface area contributed by atoms with E-state index < -0.39 is 0 Å². The first-order valence-corrected chi connectivity index (χ1v) is 8.91. The van der Waals surface area contributed by atoms with Crippen LogP contribution in [0.3, 0.4) is 0 Å². The molecule has 0 bridgehead atoms. The van der Waals surface area contributed by atoms with E-state index in [1.54, 1.807) is 7.11 Å². The minimum Gasteiger partial charge on any atom is -0.385 e. The highest BCUT2D eigenvalue weighted by atomic mass is 16.5. The molecule has 0 aliphatic rings. The van der Waals surface area contributed by atoms with Crippen LogP contribution in [0.2, 0.25) is 0 Å². The Labute approximate surface area is 152 Å². The third-order valence-corrected chi connectivity index (χ3v) is 4.54. The van der Waals surface area contributed by atoms with E-state index in [1.165, 1.54) is 0 Å². The number of anilines is 1. The number of amides is 1. The van der Waals surface area contributed by atoms with Gasteiger partial charge in [0.15, 0.2) is 5.65 Å². The molecule has 1 aromatic carbocycles. The summed E-state index contributed by atoms with van der Waals surface area (Å²) in [6.07, 6.45) is 1.61. The highest BCUT2D eigenvalue weighted by Crippen LogP contribution is 2.28. The zero-order valence-corrected chi connectivity index (χ0v) is 15.5. The van der Waals surface area contributed by atoms with Gasteiger partial charge in [-0.2, -0.15) is 0 Å². The normalized spacial score (nSPS) is 12.6. The second-order valence-corrected chi connectivity index (χ2v) is 6.43. The van der Waals surface area contributed by atoms with Gasteiger partial charge in [-0.25, -0.2) is 9.97 Å². The third kappa shape index (κ3) is 3.35. The van der Waals surface area contributed by atoms with Crippen LogP contribution in [0, 0.1) is 0 Å². The Morgan fingerprint density at radius 1 is 1.31 bits per heavy atom. The van der Waals surface area contributed by atoms with Gasteiger partial charge < -0.3 is 20.4 Å². The van der Waals surface area contributed by atoms with E-state index >= 15 is 0 Å². The van der Waals surface area contributed by atoms with Gasteiger partial charge in [0.05, 0.1) is 11.0 Å². The zero-order valence-electron chi connectivity index (χ0n) is 15.5. The van der Waals surface area contributed by atoms with Crippen molar-refractivity contribution in [2.75, 3.05) is 19.5 Å². The fourth-order valence-electron chi connectivity index (χ4n) is 2.93. The minimum absolute atomic E-state index is 0.0576. The molecule has 0 unspecified atom stereocenters. The van der Waals surface area contributed by atoms with Gasteiger partial charge in [-0.05, 0) is 31.9 Å². The average molecular weight is 355 g/mol. The number of benzene rings is 1. The summed E-state index contributed by atoms with van der Waals surface area (Å²) in [6, 6.07) is 7.67. The fraction of sp³-hybridized carbons (Fsp3) is 0.421. The van der Waals surface area contributed by atoms with Crippen molar-refractivity contribution in [2.24, 2.45) is 0 Å². The molecule has 26 heavy (non-hydrogen) atoms. The molecular weight excluding hydrogens is 330 g/mol. The first kappa shape index (κ1) is 18.1. The second-order valence-electron chi connectivity index (χ2n) is 6.43. The molecule has 7 nitrogen and oxygen atoms in total. The number of carbonyl (C=O) groups excluding carboxylic acids is 1. The van der Waals surface area contributed by atoms with E-state index in [9.17, 15) is 4.79 Å². The van der Waals surface area contributed by atoms with Crippen LogP contribution in [0.4, 0.5) is 5.82 Å². The first-order valence-electron chi connectivity index (χ1n) is 8.91. The molecule has 1 amide bonds. The lowest BCUT2D eigenvalue weighted by molar-refractivity contribution is 0.0941. The molecule has 3 rings (SSSR count). The lowest BCUT2D eigenvalue weighted by Gasteiger charge is -2.11. The predicted molar refractivity (Wildman–Crippen MR) is 103 cm³/mol. The summed E-state index contributed by atoms with van der Waals surface area (Å²) in [5.74, 6) is 0.184. The van der Waals surface area contributed by atoms with Crippen molar-refractivity contribution in [1.29, 1.82) is 0 Å². The van der Waals surface area contributed by atoms with E-state index in [4.69, 9.17) is 15.5 Å². The van der Waals surface area contributed by atoms with Crippen LogP contribution in [0.1, 0.15) is 37.0 Å². The third-order valence-electron chi connectivity index (χ3n) is 4.54. The number of para-hydroxylation sites is 2. The topological polar surface area (TPSA) is 95.1 Å². The van der Waals surface area contributed by atoms with Gasteiger partial charge in [0, 0.05) is 26.3 Å². The Morgan fingerprint density at radius 3 is 2.65 bits per heavy atom. The maximum absolute atomic E-state index is 12.8. The Balaban J connectivity index is 2.16. The van der Waals surface area contributed by atoms with Crippen LogP contribution in [-0.4, -0.2) is 40.2 Å². The van der Waals surface area contributed by atoms with Gasteiger partial charge in [0.25, 0.3) is 5.91 Å². The molecule has 3 aromatic rings. The highest BCUT2D eigenvalue weighted by Gasteiger charge is 2.24. The summed E-state index contributed by atoms with van der Waals surface area (Å²) in [5.41, 5.74) is 9.45. The summed E-state index contributed by atoms with van der Waals surface area (Å²) in [7, 11) is 1.66. The van der Waals surface area contributed by atoms with Crippen LogP contribution in [0.25, 0.3) is 22.2 Å². The maximum atomic E-state index is 12.8. The SMILES string of the molecule is CC[C@H](C)NC(=O)c1c(N)n(CCCOC)c2nc3ccccc3nc12. The summed E-state index contributed by atoms with van der Waals surface area (Å²) >= 11 is 0. The zero-order chi connectivity index (χ0) is 18.7. The predicted octanol–water partition coefficient (Wildman–Crippen LogP) is 2.73. The molecular formula is C19H25N5O2. The van der Waals surface area contributed by atoms with Crippen molar-refractivity contribution in [3.8, 4) is 0 Å². The number of fused-ring (bicyclic) bond motifs is 2. The molecule has 2 aromatic heterocycles. The fourth-order valence-corrected chi connectivity index (χ4v) is 2.93. The average Bonchev–Trinajstić information content (AvgIpc) is 2.91. The number of nitrogens with zero attached hydrogens (tertiary/aromatic N) is 3. The van der Waals surface area contributed by atoms with E-state index in [0.717, 1.165) is 23.9 Å². The largest absolute Gasteiger partial charge is 0.385 e. The van der Waals surface area contributed by atoms with E-state index in [-0.39, 0.29) is 11.9 Å². The molecule has 0 aliphatic heterocycles. The number of hydrogen-bond donors (Lipinski definition) is 2. The van der Waals surface area contributed by atoms with Crippen molar-refractivity contribution in [1.82, 2.24) is 19.9 Å². The van der Waals surface area contributed by atoms with Crippen LogP contribution < -0.4 is 11.1 Å². The summed E-state index contributed by atoms with van der Waals surface area (Å²) < 4.78 is 7.00. The minimum atomic E-state index is -0.211. The lowest BCUT2D eigenvalue weighted by atomic mass is 10.2. The van der Waals surface area contributed by atoms with Crippen molar-refractivity contribution in [3.63, 3.8) is 0 Å². The van der Waals surface area contributed by atoms with Gasteiger partial charge in [-0.1, -0.05) is 19.1 Å². The molecule has 7 heteroatoms. The van der Waals surface area contributed by atoms with Crippen molar-refractivity contribution < 1.29 is 9.53 Å². The number of nitrogens with one attached hydrogen (secondary N) is 1. The van der Waals surface area contributed by atoms with Crippen LogP contribution >= 0.6 is 0 Å². The van der Waals surface area contributed by atoms with Crippen LogP contribution in [0.15, 0.2) is 24.3 Å².